The van der Waals surface area contributed by atoms with Gasteiger partial charge in [-0.25, -0.2) is 9.67 Å². The maximum atomic E-state index is 5.40. The van der Waals surface area contributed by atoms with Gasteiger partial charge in [0.2, 0.25) is 5.16 Å². The fourth-order valence-electron chi connectivity index (χ4n) is 2.18. The maximum Gasteiger partial charge on any atom is 0.209 e. The van der Waals surface area contributed by atoms with E-state index in [2.05, 4.69) is 29.1 Å². The van der Waals surface area contributed by atoms with Crippen molar-refractivity contribution in [1.29, 1.82) is 0 Å². The van der Waals surface area contributed by atoms with Gasteiger partial charge in [-0.2, -0.15) is 0 Å². The molecule has 0 N–H and O–H groups in total. The van der Waals surface area contributed by atoms with Crippen LogP contribution in [-0.4, -0.2) is 21.9 Å². The van der Waals surface area contributed by atoms with Crippen LogP contribution in [0.4, 0.5) is 0 Å². The standard InChI is InChI=1S/C17H17N3OS/c1-13-8-9-16(21-2)14(10-13)11-22-17-18-12-20(19-17)15-6-4-3-5-7-15/h3-10,12H,11H2,1-2H3. The van der Waals surface area contributed by atoms with Crippen molar-refractivity contribution >= 4 is 11.8 Å². The number of hydrogen-bond donors (Lipinski definition) is 0. The molecule has 0 aliphatic rings. The minimum absolute atomic E-state index is 0.757. The Balaban J connectivity index is 1.73. The number of aromatic nitrogens is 3. The molecule has 112 valence electrons. The average Bonchev–Trinajstić information content (AvgIpc) is 3.03. The first-order chi connectivity index (χ1) is 10.8. The van der Waals surface area contributed by atoms with Crippen molar-refractivity contribution in [3.8, 4) is 11.4 Å². The highest BCUT2D eigenvalue weighted by Crippen LogP contribution is 2.27. The molecule has 5 heteroatoms. The summed E-state index contributed by atoms with van der Waals surface area (Å²) in [6.45, 7) is 2.08. The van der Waals surface area contributed by atoms with Gasteiger partial charge in [0.25, 0.3) is 0 Å². The normalized spacial score (nSPS) is 10.6. The number of hydrogen-bond acceptors (Lipinski definition) is 4. The molecular weight excluding hydrogens is 294 g/mol. The van der Waals surface area contributed by atoms with Crippen LogP contribution < -0.4 is 4.74 Å². The van der Waals surface area contributed by atoms with Crippen LogP contribution in [0.1, 0.15) is 11.1 Å². The number of methoxy groups -OCH3 is 1. The molecule has 0 unspecified atom stereocenters. The summed E-state index contributed by atoms with van der Waals surface area (Å²) in [6.07, 6.45) is 1.74. The zero-order valence-corrected chi connectivity index (χ0v) is 13.4. The minimum Gasteiger partial charge on any atom is -0.496 e. The quantitative estimate of drug-likeness (QED) is 0.671. The summed E-state index contributed by atoms with van der Waals surface area (Å²) in [5.41, 5.74) is 3.39. The lowest BCUT2D eigenvalue weighted by Crippen LogP contribution is -1.94. The third-order valence-corrected chi connectivity index (χ3v) is 4.18. The molecule has 22 heavy (non-hydrogen) atoms. The second-order valence-corrected chi connectivity index (χ2v) is 5.85. The molecule has 0 bridgehead atoms. The van der Waals surface area contributed by atoms with Crippen LogP contribution in [0.25, 0.3) is 5.69 Å². The van der Waals surface area contributed by atoms with Crippen LogP contribution in [0.2, 0.25) is 0 Å². The number of thioether (sulfide) groups is 1. The SMILES string of the molecule is COc1ccc(C)cc1CSc1ncn(-c2ccccc2)n1. The van der Waals surface area contributed by atoms with E-state index in [1.807, 2.05) is 36.4 Å². The molecule has 3 rings (SSSR count). The minimum atomic E-state index is 0.757. The Kier molecular flexibility index (Phi) is 4.44. The van der Waals surface area contributed by atoms with E-state index in [0.717, 1.165) is 27.9 Å². The largest absolute Gasteiger partial charge is 0.496 e. The number of para-hydroxylation sites is 1. The number of rotatable bonds is 5. The van der Waals surface area contributed by atoms with Crippen molar-refractivity contribution in [2.24, 2.45) is 0 Å². The predicted octanol–water partition coefficient (Wildman–Crippen LogP) is 3.88. The summed E-state index contributed by atoms with van der Waals surface area (Å²) >= 11 is 1.60. The molecule has 0 fully saturated rings. The maximum absolute atomic E-state index is 5.40. The summed E-state index contributed by atoms with van der Waals surface area (Å²) in [4.78, 5) is 4.36. The lowest BCUT2D eigenvalue weighted by atomic mass is 10.1. The van der Waals surface area contributed by atoms with Crippen LogP contribution in [0.15, 0.2) is 60.0 Å². The molecule has 2 aromatic carbocycles. The summed E-state index contributed by atoms with van der Waals surface area (Å²) < 4.78 is 7.19. The van der Waals surface area contributed by atoms with Gasteiger partial charge in [0, 0.05) is 11.3 Å². The Morgan fingerprint density at radius 2 is 1.95 bits per heavy atom. The number of ether oxygens (including phenoxy) is 1. The summed E-state index contributed by atoms with van der Waals surface area (Å²) in [7, 11) is 1.70. The van der Waals surface area contributed by atoms with Gasteiger partial charge in [-0.05, 0) is 25.1 Å². The van der Waals surface area contributed by atoms with E-state index in [0.29, 0.717) is 0 Å². The van der Waals surface area contributed by atoms with E-state index in [9.17, 15) is 0 Å². The van der Waals surface area contributed by atoms with Crippen molar-refractivity contribution in [3.05, 3.63) is 66.0 Å². The van der Waals surface area contributed by atoms with Gasteiger partial charge in [0.15, 0.2) is 0 Å². The van der Waals surface area contributed by atoms with Gasteiger partial charge < -0.3 is 4.74 Å². The molecule has 0 atom stereocenters. The monoisotopic (exact) mass is 311 g/mol. The first kappa shape index (κ1) is 14.7. The number of nitrogens with zero attached hydrogens (tertiary/aromatic N) is 3. The third kappa shape index (κ3) is 3.31. The topological polar surface area (TPSA) is 39.9 Å². The molecule has 0 radical (unpaired) electrons. The predicted molar refractivity (Wildman–Crippen MR) is 88.7 cm³/mol. The molecule has 0 aliphatic carbocycles. The van der Waals surface area contributed by atoms with Crippen LogP contribution in [0.5, 0.6) is 5.75 Å². The van der Waals surface area contributed by atoms with Crippen molar-refractivity contribution in [1.82, 2.24) is 14.8 Å². The van der Waals surface area contributed by atoms with E-state index in [1.165, 1.54) is 5.56 Å². The Morgan fingerprint density at radius 3 is 2.73 bits per heavy atom. The van der Waals surface area contributed by atoms with Crippen molar-refractivity contribution in [2.75, 3.05) is 7.11 Å². The van der Waals surface area contributed by atoms with Crippen LogP contribution in [-0.2, 0) is 5.75 Å². The van der Waals surface area contributed by atoms with Crippen molar-refractivity contribution in [3.63, 3.8) is 0 Å². The van der Waals surface area contributed by atoms with E-state index in [4.69, 9.17) is 4.74 Å². The lowest BCUT2D eigenvalue weighted by molar-refractivity contribution is 0.411. The molecule has 0 aliphatic heterocycles. The van der Waals surface area contributed by atoms with Crippen LogP contribution >= 0.6 is 11.8 Å². The van der Waals surface area contributed by atoms with Gasteiger partial charge in [-0.1, -0.05) is 47.7 Å². The summed E-state index contributed by atoms with van der Waals surface area (Å²) in [5, 5.41) is 5.26. The Bertz CT molecular complexity index is 756. The molecule has 1 aromatic heterocycles. The molecule has 3 aromatic rings. The van der Waals surface area contributed by atoms with Crippen molar-refractivity contribution in [2.45, 2.75) is 17.8 Å². The average molecular weight is 311 g/mol. The fraction of sp³-hybridized carbons (Fsp3) is 0.176. The zero-order valence-electron chi connectivity index (χ0n) is 12.6. The molecular formula is C17H17N3OS. The molecule has 0 saturated carbocycles. The van der Waals surface area contributed by atoms with Crippen LogP contribution in [0, 0.1) is 6.92 Å². The first-order valence-corrected chi connectivity index (χ1v) is 7.98. The summed E-state index contributed by atoms with van der Waals surface area (Å²) in [5.74, 6) is 1.68. The first-order valence-electron chi connectivity index (χ1n) is 6.99. The highest BCUT2D eigenvalue weighted by Gasteiger charge is 2.07. The van der Waals surface area contributed by atoms with Gasteiger partial charge in [-0.15, -0.1) is 5.10 Å². The highest BCUT2D eigenvalue weighted by molar-refractivity contribution is 7.98. The molecule has 0 amide bonds. The van der Waals surface area contributed by atoms with E-state index < -0.39 is 0 Å². The Morgan fingerprint density at radius 1 is 1.14 bits per heavy atom. The second kappa shape index (κ2) is 6.66. The Hall–Kier alpha value is -2.27. The van der Waals surface area contributed by atoms with E-state index >= 15 is 0 Å². The smallest absolute Gasteiger partial charge is 0.209 e. The second-order valence-electron chi connectivity index (χ2n) is 4.91. The van der Waals surface area contributed by atoms with Crippen molar-refractivity contribution < 1.29 is 4.74 Å². The van der Waals surface area contributed by atoms with Gasteiger partial charge >= 0.3 is 0 Å². The fourth-order valence-corrected chi connectivity index (χ4v) is 2.96. The lowest BCUT2D eigenvalue weighted by Gasteiger charge is -2.08. The van der Waals surface area contributed by atoms with E-state index in [-0.39, 0.29) is 0 Å². The number of benzene rings is 2. The van der Waals surface area contributed by atoms with Crippen LogP contribution in [0.3, 0.4) is 0 Å². The third-order valence-electron chi connectivity index (χ3n) is 3.28. The van der Waals surface area contributed by atoms with Gasteiger partial charge in [0.1, 0.15) is 12.1 Å². The Labute approximate surface area is 134 Å². The van der Waals surface area contributed by atoms with Gasteiger partial charge in [0.05, 0.1) is 12.8 Å². The van der Waals surface area contributed by atoms with Gasteiger partial charge in [-0.3, -0.25) is 0 Å². The highest BCUT2D eigenvalue weighted by atomic mass is 32.2. The summed E-state index contributed by atoms with van der Waals surface area (Å²) in [6, 6.07) is 16.2. The molecule has 0 spiro atoms. The molecule has 4 nitrogen and oxygen atoms in total. The van der Waals surface area contributed by atoms with E-state index in [1.54, 1.807) is 29.9 Å². The molecule has 1 heterocycles. The zero-order chi connectivity index (χ0) is 15.4. The number of aryl methyl sites for hydroxylation is 1. The molecule has 0 saturated heterocycles.